The van der Waals surface area contributed by atoms with Crippen LogP contribution in [-0.2, 0) is 20.9 Å². The van der Waals surface area contributed by atoms with Crippen molar-refractivity contribution in [1.82, 2.24) is 9.88 Å². The number of aliphatic hydroxyl groups is 1. The molecule has 0 saturated carbocycles. The highest BCUT2D eigenvalue weighted by Gasteiger charge is 2.62. The average molecular weight is 292 g/mol. The molecular weight excluding hydrogens is 280 g/mol. The molecule has 2 fully saturated rings. The van der Waals surface area contributed by atoms with Gasteiger partial charge in [-0.25, -0.2) is 4.79 Å². The van der Waals surface area contributed by atoms with Crippen LogP contribution in [0.5, 0.6) is 0 Å². The third-order valence-electron chi connectivity index (χ3n) is 4.15. The number of thioether (sulfide) groups is 1. The molecule has 1 aromatic heterocycles. The Morgan fingerprint density at radius 3 is 3.15 bits per heavy atom. The minimum atomic E-state index is -1.37. The first-order valence-electron chi connectivity index (χ1n) is 6.33. The topological polar surface area (TPSA) is 79.7 Å². The van der Waals surface area contributed by atoms with E-state index in [-0.39, 0.29) is 5.37 Å². The van der Waals surface area contributed by atoms with E-state index in [2.05, 4.69) is 4.98 Å². The number of carbonyl (C=O) groups is 2. The molecule has 0 radical (unpaired) electrons. The lowest BCUT2D eigenvalue weighted by atomic mass is 10.0. The molecule has 1 aromatic rings. The van der Waals surface area contributed by atoms with Crippen LogP contribution in [0.4, 0.5) is 0 Å². The van der Waals surface area contributed by atoms with Crippen LogP contribution in [0.25, 0.3) is 0 Å². The molecule has 4 unspecified atom stereocenters. The third-order valence-corrected chi connectivity index (χ3v) is 5.64. The zero-order chi connectivity index (χ0) is 14.1. The number of rotatable bonds is 0. The van der Waals surface area contributed by atoms with Crippen LogP contribution in [0.15, 0.2) is 18.3 Å². The molecule has 4 rings (SSSR count). The summed E-state index contributed by atoms with van der Waals surface area (Å²) in [6.07, 6.45) is 0.875. The first kappa shape index (κ1) is 12.3. The molecule has 0 bridgehead atoms. The minimum absolute atomic E-state index is 0.221. The standard InChI is InChI=1S/C13H12N2O4S/c1-13(18)10-9(8(16)12(17)19-10)20-11-7-6(5-15(11)13)3-2-4-14-7/h2-4,9-11,18H,5H2,1H3. The quantitative estimate of drug-likeness (QED) is 0.541. The second-order valence-electron chi connectivity index (χ2n) is 5.37. The molecule has 0 amide bonds. The Bertz CT molecular complexity index is 633. The Morgan fingerprint density at radius 2 is 2.35 bits per heavy atom. The monoisotopic (exact) mass is 292 g/mol. The third kappa shape index (κ3) is 1.40. The molecule has 3 aliphatic rings. The van der Waals surface area contributed by atoms with Gasteiger partial charge in [0.1, 0.15) is 10.6 Å². The summed E-state index contributed by atoms with van der Waals surface area (Å²) in [4.78, 5) is 29.5. The summed E-state index contributed by atoms with van der Waals surface area (Å²) in [6, 6.07) is 3.81. The maximum atomic E-state index is 11.9. The Balaban J connectivity index is 1.80. The second kappa shape index (κ2) is 3.81. The van der Waals surface area contributed by atoms with Crippen molar-refractivity contribution in [2.75, 3.05) is 0 Å². The normalized spacial score (nSPS) is 39.2. The maximum Gasteiger partial charge on any atom is 0.376 e. The van der Waals surface area contributed by atoms with Gasteiger partial charge in [-0.1, -0.05) is 6.07 Å². The van der Waals surface area contributed by atoms with E-state index in [0.717, 1.165) is 11.3 Å². The smallest absolute Gasteiger partial charge is 0.376 e. The van der Waals surface area contributed by atoms with Crippen molar-refractivity contribution in [2.45, 2.75) is 35.9 Å². The second-order valence-corrected chi connectivity index (χ2v) is 6.60. The van der Waals surface area contributed by atoms with Gasteiger partial charge in [-0.15, -0.1) is 11.8 Å². The van der Waals surface area contributed by atoms with Crippen molar-refractivity contribution in [1.29, 1.82) is 0 Å². The van der Waals surface area contributed by atoms with E-state index >= 15 is 0 Å². The average Bonchev–Trinajstić information content (AvgIpc) is 2.93. The van der Waals surface area contributed by atoms with Crippen molar-refractivity contribution < 1.29 is 19.4 Å². The number of carbonyl (C=O) groups excluding carboxylic acids is 2. The number of ether oxygens (including phenoxy) is 1. The van der Waals surface area contributed by atoms with Crippen LogP contribution in [0.2, 0.25) is 0 Å². The van der Waals surface area contributed by atoms with Crippen LogP contribution in [0.1, 0.15) is 23.6 Å². The van der Waals surface area contributed by atoms with Gasteiger partial charge >= 0.3 is 5.97 Å². The molecule has 1 N–H and O–H groups in total. The lowest BCUT2D eigenvalue weighted by Gasteiger charge is -2.46. The fraction of sp³-hybridized carbons (Fsp3) is 0.462. The predicted molar refractivity (Wildman–Crippen MR) is 69.4 cm³/mol. The molecule has 4 atom stereocenters. The van der Waals surface area contributed by atoms with E-state index in [4.69, 9.17) is 4.74 Å². The summed E-state index contributed by atoms with van der Waals surface area (Å²) in [5, 5.41) is 9.90. The van der Waals surface area contributed by atoms with Gasteiger partial charge in [0.05, 0.1) is 5.69 Å². The van der Waals surface area contributed by atoms with E-state index in [0.29, 0.717) is 6.54 Å². The first-order valence-corrected chi connectivity index (χ1v) is 7.27. The Hall–Kier alpha value is -1.44. The summed E-state index contributed by atoms with van der Waals surface area (Å²) in [5.74, 6) is -1.42. The summed E-state index contributed by atoms with van der Waals surface area (Å²) in [7, 11) is 0. The minimum Gasteiger partial charge on any atom is -0.450 e. The fourth-order valence-electron chi connectivity index (χ4n) is 3.08. The van der Waals surface area contributed by atoms with E-state index in [1.165, 1.54) is 11.8 Å². The van der Waals surface area contributed by atoms with Crippen LogP contribution in [-0.4, -0.2) is 43.8 Å². The van der Waals surface area contributed by atoms with Crippen LogP contribution in [0, 0.1) is 0 Å². The largest absolute Gasteiger partial charge is 0.450 e. The van der Waals surface area contributed by atoms with Gasteiger partial charge in [0.2, 0.25) is 0 Å². The number of ketones is 1. The van der Waals surface area contributed by atoms with Crippen LogP contribution >= 0.6 is 11.8 Å². The SMILES string of the molecule is CC1(O)C2OC(=O)C(=O)C2SC2c3ncccc3CN21. The van der Waals surface area contributed by atoms with E-state index < -0.39 is 28.8 Å². The highest BCUT2D eigenvalue weighted by molar-refractivity contribution is 8.01. The summed E-state index contributed by atoms with van der Waals surface area (Å²) >= 11 is 1.34. The number of hydrogen-bond acceptors (Lipinski definition) is 7. The van der Waals surface area contributed by atoms with Gasteiger partial charge < -0.3 is 9.84 Å². The summed E-state index contributed by atoms with van der Waals surface area (Å²) < 4.78 is 5.08. The lowest BCUT2D eigenvalue weighted by Crippen LogP contribution is -2.60. The number of pyridine rings is 1. The van der Waals surface area contributed by atoms with Gasteiger partial charge in [0.15, 0.2) is 11.8 Å². The summed E-state index contributed by atoms with van der Waals surface area (Å²) in [5.41, 5.74) is 0.510. The van der Waals surface area contributed by atoms with Gasteiger partial charge in [-0.2, -0.15) is 0 Å². The lowest BCUT2D eigenvalue weighted by molar-refractivity contribution is -0.188. The predicted octanol–water partition coefficient (Wildman–Crippen LogP) is 0.214. The molecule has 4 heterocycles. The molecule has 0 aliphatic carbocycles. The van der Waals surface area contributed by atoms with Crippen molar-refractivity contribution >= 4 is 23.5 Å². The number of nitrogens with zero attached hydrogens (tertiary/aromatic N) is 2. The molecule has 20 heavy (non-hydrogen) atoms. The molecule has 0 aromatic carbocycles. The maximum absolute atomic E-state index is 11.9. The zero-order valence-corrected chi connectivity index (χ0v) is 11.5. The molecule has 6 nitrogen and oxygen atoms in total. The molecule has 0 spiro atoms. The number of fused-ring (bicyclic) bond motifs is 4. The van der Waals surface area contributed by atoms with Gasteiger partial charge in [-0.05, 0) is 18.6 Å². The van der Waals surface area contributed by atoms with E-state index in [9.17, 15) is 14.7 Å². The number of Topliss-reactive ketones (excluding diaryl/α,β-unsaturated/α-hetero) is 1. The molecule has 7 heteroatoms. The van der Waals surface area contributed by atoms with Crippen molar-refractivity contribution in [3.63, 3.8) is 0 Å². The van der Waals surface area contributed by atoms with Gasteiger partial charge in [0.25, 0.3) is 5.78 Å². The van der Waals surface area contributed by atoms with E-state index in [1.54, 1.807) is 13.1 Å². The number of esters is 1. The van der Waals surface area contributed by atoms with Crippen LogP contribution < -0.4 is 0 Å². The highest BCUT2D eigenvalue weighted by Crippen LogP contribution is 2.53. The highest BCUT2D eigenvalue weighted by atomic mass is 32.2. The Kier molecular flexibility index (Phi) is 2.34. The van der Waals surface area contributed by atoms with Gasteiger partial charge in [-0.3, -0.25) is 14.7 Å². The molecule has 3 aliphatic heterocycles. The van der Waals surface area contributed by atoms with E-state index in [1.807, 2.05) is 17.0 Å². The summed E-state index contributed by atoms with van der Waals surface area (Å²) in [6.45, 7) is 2.12. The first-order chi connectivity index (χ1) is 9.50. The number of aromatic nitrogens is 1. The Labute approximate surface area is 119 Å². The molecule has 2 saturated heterocycles. The fourth-order valence-corrected chi connectivity index (χ4v) is 4.81. The zero-order valence-electron chi connectivity index (χ0n) is 10.6. The molecule has 104 valence electrons. The van der Waals surface area contributed by atoms with Crippen molar-refractivity contribution in [2.24, 2.45) is 0 Å². The number of hydrogen-bond donors (Lipinski definition) is 1. The van der Waals surface area contributed by atoms with Gasteiger partial charge in [0, 0.05) is 12.7 Å². The van der Waals surface area contributed by atoms with Crippen LogP contribution in [0.3, 0.4) is 0 Å². The van der Waals surface area contributed by atoms with Crippen molar-refractivity contribution in [3.05, 3.63) is 29.6 Å². The Morgan fingerprint density at radius 1 is 1.55 bits per heavy atom. The van der Waals surface area contributed by atoms with Crippen molar-refractivity contribution in [3.8, 4) is 0 Å². The molecular formula is C13H12N2O4S.